The molecule has 0 aromatic heterocycles. The number of benzene rings is 1. The molecule has 1 aliphatic heterocycles. The highest BCUT2D eigenvalue weighted by Gasteiger charge is 2.08. The molecule has 1 aliphatic rings. The van der Waals surface area contributed by atoms with Crippen LogP contribution in [0.5, 0.6) is 0 Å². The van der Waals surface area contributed by atoms with Crippen molar-refractivity contribution in [1.29, 1.82) is 0 Å². The SMILES string of the molecule is OC1=c2ccccc2=NCN1O. The lowest BCUT2D eigenvalue weighted by Crippen LogP contribution is -2.38. The lowest BCUT2D eigenvalue weighted by atomic mass is 10.3. The molecular weight excluding hydrogens is 156 g/mol. The first-order valence-electron chi connectivity index (χ1n) is 3.58. The first-order valence-corrected chi connectivity index (χ1v) is 3.58. The third-order valence-electron chi connectivity index (χ3n) is 1.76. The highest BCUT2D eigenvalue weighted by molar-refractivity contribution is 5.32. The Hall–Kier alpha value is -1.55. The van der Waals surface area contributed by atoms with E-state index in [1.165, 1.54) is 0 Å². The molecule has 2 N–H and O–H groups in total. The molecule has 0 amide bonds. The molecule has 0 bridgehead atoms. The highest BCUT2D eigenvalue weighted by atomic mass is 16.5. The first kappa shape index (κ1) is 7.12. The number of aliphatic hydroxyl groups excluding tert-OH is 1. The fraction of sp³-hybridized carbons (Fsp3) is 0.125. The molecule has 0 aliphatic carbocycles. The summed E-state index contributed by atoms with van der Waals surface area (Å²) in [6, 6.07) is 7.11. The van der Waals surface area contributed by atoms with Crippen LogP contribution < -0.4 is 10.6 Å². The number of nitrogens with zero attached hydrogens (tertiary/aromatic N) is 2. The van der Waals surface area contributed by atoms with Crippen LogP contribution in [0.3, 0.4) is 0 Å². The summed E-state index contributed by atoms with van der Waals surface area (Å²) in [5, 5.41) is 20.4. The number of para-hydroxylation sites is 1. The van der Waals surface area contributed by atoms with E-state index in [2.05, 4.69) is 4.99 Å². The van der Waals surface area contributed by atoms with Crippen LogP contribution in [0.1, 0.15) is 0 Å². The lowest BCUT2D eigenvalue weighted by molar-refractivity contribution is -0.0545. The van der Waals surface area contributed by atoms with E-state index in [0.29, 0.717) is 15.6 Å². The minimum atomic E-state index is -0.138. The second-order valence-electron chi connectivity index (χ2n) is 2.54. The largest absolute Gasteiger partial charge is 0.493 e. The Morgan fingerprint density at radius 3 is 2.92 bits per heavy atom. The van der Waals surface area contributed by atoms with Crippen molar-refractivity contribution in [2.45, 2.75) is 0 Å². The zero-order valence-corrected chi connectivity index (χ0v) is 6.31. The van der Waals surface area contributed by atoms with E-state index < -0.39 is 0 Å². The molecule has 0 unspecified atom stereocenters. The predicted molar refractivity (Wildman–Crippen MR) is 41.8 cm³/mol. The van der Waals surface area contributed by atoms with Crippen LogP contribution in [-0.2, 0) is 0 Å². The fourth-order valence-corrected chi connectivity index (χ4v) is 1.15. The number of rotatable bonds is 0. The molecule has 1 aromatic rings. The molecule has 0 fully saturated rings. The molecule has 0 atom stereocenters. The van der Waals surface area contributed by atoms with Crippen LogP contribution in [-0.4, -0.2) is 22.0 Å². The summed E-state index contributed by atoms with van der Waals surface area (Å²) in [6.45, 7) is 0.0862. The third-order valence-corrected chi connectivity index (χ3v) is 1.76. The summed E-state index contributed by atoms with van der Waals surface area (Å²) in [4.78, 5) is 4.02. The zero-order valence-electron chi connectivity index (χ0n) is 6.31. The van der Waals surface area contributed by atoms with Crippen LogP contribution in [0.4, 0.5) is 0 Å². The quantitative estimate of drug-likeness (QED) is 0.548. The topological polar surface area (TPSA) is 56.1 Å². The molecule has 0 spiro atoms. The van der Waals surface area contributed by atoms with Crippen LogP contribution in [0.2, 0.25) is 0 Å². The highest BCUT2D eigenvalue weighted by Crippen LogP contribution is 1.95. The molecule has 0 saturated carbocycles. The molecule has 12 heavy (non-hydrogen) atoms. The number of hydroxylamine groups is 2. The number of hydrogen-bond donors (Lipinski definition) is 2. The van der Waals surface area contributed by atoms with Gasteiger partial charge in [-0.05, 0) is 12.1 Å². The van der Waals surface area contributed by atoms with Crippen molar-refractivity contribution in [2.75, 3.05) is 6.67 Å². The summed E-state index contributed by atoms with van der Waals surface area (Å²) in [6.07, 6.45) is 0. The second-order valence-corrected chi connectivity index (χ2v) is 2.54. The molecule has 62 valence electrons. The van der Waals surface area contributed by atoms with Crippen molar-refractivity contribution in [3.8, 4) is 0 Å². The van der Waals surface area contributed by atoms with Crippen molar-refractivity contribution in [3.05, 3.63) is 34.8 Å². The maximum absolute atomic E-state index is 9.36. The lowest BCUT2D eigenvalue weighted by Gasteiger charge is -2.15. The van der Waals surface area contributed by atoms with Gasteiger partial charge in [0.1, 0.15) is 6.67 Å². The smallest absolute Gasteiger partial charge is 0.222 e. The maximum atomic E-state index is 9.36. The van der Waals surface area contributed by atoms with E-state index in [1.807, 2.05) is 6.07 Å². The van der Waals surface area contributed by atoms with E-state index in [1.54, 1.807) is 18.2 Å². The van der Waals surface area contributed by atoms with Crippen molar-refractivity contribution >= 4 is 5.88 Å². The van der Waals surface area contributed by atoms with Crippen molar-refractivity contribution in [3.63, 3.8) is 0 Å². The molecule has 2 rings (SSSR count). The van der Waals surface area contributed by atoms with Crippen molar-refractivity contribution in [2.24, 2.45) is 4.99 Å². The minimum absolute atomic E-state index is 0.0862. The van der Waals surface area contributed by atoms with Gasteiger partial charge in [-0.1, -0.05) is 12.1 Å². The van der Waals surface area contributed by atoms with Gasteiger partial charge in [0.2, 0.25) is 5.88 Å². The molecule has 1 heterocycles. The Balaban J connectivity index is 2.83. The maximum Gasteiger partial charge on any atom is 0.222 e. The van der Waals surface area contributed by atoms with E-state index in [0.717, 1.165) is 0 Å². The molecule has 4 nitrogen and oxygen atoms in total. The summed E-state index contributed by atoms with van der Waals surface area (Å²) in [5.41, 5.74) is 0. The number of fused-ring (bicyclic) bond motifs is 1. The number of hydrogen-bond acceptors (Lipinski definition) is 4. The van der Waals surface area contributed by atoms with Crippen LogP contribution >= 0.6 is 0 Å². The van der Waals surface area contributed by atoms with E-state index >= 15 is 0 Å². The minimum Gasteiger partial charge on any atom is -0.493 e. The molecule has 0 radical (unpaired) electrons. The third kappa shape index (κ3) is 0.931. The Morgan fingerprint density at radius 1 is 1.33 bits per heavy atom. The van der Waals surface area contributed by atoms with Gasteiger partial charge in [0.25, 0.3) is 0 Å². The van der Waals surface area contributed by atoms with Gasteiger partial charge in [-0.15, -0.1) is 0 Å². The standard InChI is InChI=1S/C8H8N2O2/c11-8-6-3-1-2-4-7(6)9-5-10(8)12/h1-4,11-12H,5H2. The second kappa shape index (κ2) is 2.49. The molecule has 4 heteroatoms. The van der Waals surface area contributed by atoms with Gasteiger partial charge in [0.05, 0.1) is 10.6 Å². The van der Waals surface area contributed by atoms with Crippen molar-refractivity contribution < 1.29 is 10.3 Å². The van der Waals surface area contributed by atoms with Gasteiger partial charge in [0.15, 0.2) is 0 Å². The number of aliphatic hydroxyl groups is 1. The van der Waals surface area contributed by atoms with Crippen LogP contribution in [0.25, 0.3) is 5.88 Å². The van der Waals surface area contributed by atoms with Crippen LogP contribution in [0, 0.1) is 0 Å². The van der Waals surface area contributed by atoms with Gasteiger partial charge in [-0.3, -0.25) is 10.2 Å². The van der Waals surface area contributed by atoms with Crippen molar-refractivity contribution in [1.82, 2.24) is 5.06 Å². The Labute approximate surface area is 68.7 Å². The average molecular weight is 164 g/mol. The fourth-order valence-electron chi connectivity index (χ4n) is 1.15. The molecule has 0 saturated heterocycles. The zero-order chi connectivity index (χ0) is 8.55. The van der Waals surface area contributed by atoms with Gasteiger partial charge in [0, 0.05) is 0 Å². The molecule has 1 aromatic carbocycles. The summed E-state index contributed by atoms with van der Waals surface area (Å²) in [5.74, 6) is -0.138. The Bertz CT molecular complexity index is 413. The van der Waals surface area contributed by atoms with Gasteiger partial charge >= 0.3 is 0 Å². The average Bonchev–Trinajstić information content (AvgIpc) is 2.12. The van der Waals surface area contributed by atoms with Gasteiger partial charge in [-0.25, -0.2) is 5.06 Å². The van der Waals surface area contributed by atoms with E-state index in [9.17, 15) is 5.11 Å². The summed E-state index contributed by atoms with van der Waals surface area (Å²) >= 11 is 0. The summed E-state index contributed by atoms with van der Waals surface area (Å²) in [7, 11) is 0. The van der Waals surface area contributed by atoms with E-state index in [4.69, 9.17) is 5.21 Å². The molecular formula is C8H8N2O2. The first-order chi connectivity index (χ1) is 5.79. The van der Waals surface area contributed by atoms with E-state index in [-0.39, 0.29) is 12.6 Å². The Morgan fingerprint density at radius 2 is 2.08 bits per heavy atom. The monoisotopic (exact) mass is 164 g/mol. The normalized spacial score (nSPS) is 15.4. The Kier molecular flexibility index (Phi) is 1.48. The van der Waals surface area contributed by atoms with Gasteiger partial charge < -0.3 is 5.11 Å². The summed E-state index contributed by atoms with van der Waals surface area (Å²) < 4.78 is 0. The van der Waals surface area contributed by atoms with Gasteiger partial charge in [-0.2, -0.15) is 0 Å². The predicted octanol–water partition coefficient (Wildman–Crippen LogP) is -0.408. The van der Waals surface area contributed by atoms with Crippen LogP contribution in [0.15, 0.2) is 29.3 Å².